The van der Waals surface area contributed by atoms with Gasteiger partial charge in [-0.25, -0.2) is 4.79 Å². The molecular weight excluding hydrogens is 336 g/mol. The molecule has 1 aromatic carbocycles. The molecule has 4 amide bonds. The van der Waals surface area contributed by atoms with Gasteiger partial charge in [0.15, 0.2) is 0 Å². The second-order valence-corrected chi connectivity index (χ2v) is 6.23. The molecule has 142 valence electrons. The first-order valence-corrected chi connectivity index (χ1v) is 8.83. The van der Waals surface area contributed by atoms with E-state index in [9.17, 15) is 14.4 Å². The van der Waals surface area contributed by atoms with E-state index in [0.717, 1.165) is 12.0 Å². The van der Waals surface area contributed by atoms with Crippen LogP contribution in [0.3, 0.4) is 0 Å². The summed E-state index contributed by atoms with van der Waals surface area (Å²) in [4.78, 5) is 38.0. The van der Waals surface area contributed by atoms with Crippen molar-refractivity contribution in [1.29, 1.82) is 0 Å². The second-order valence-electron chi connectivity index (χ2n) is 6.23. The predicted molar refractivity (Wildman–Crippen MR) is 98.0 cm³/mol. The number of anilines is 1. The zero-order valence-electron chi connectivity index (χ0n) is 15.2. The van der Waals surface area contributed by atoms with E-state index in [-0.39, 0.29) is 24.8 Å². The maximum atomic E-state index is 12.6. The molecule has 8 heteroatoms. The molecule has 1 aliphatic rings. The first-order chi connectivity index (χ1) is 12.5. The molecule has 26 heavy (non-hydrogen) atoms. The normalized spacial score (nSPS) is 16.8. The summed E-state index contributed by atoms with van der Waals surface area (Å²) in [6.45, 7) is 4.97. The van der Waals surface area contributed by atoms with Crippen LogP contribution >= 0.6 is 0 Å². The summed E-state index contributed by atoms with van der Waals surface area (Å²) >= 11 is 0. The third-order valence-corrected chi connectivity index (χ3v) is 4.26. The molecule has 1 aromatic rings. The summed E-state index contributed by atoms with van der Waals surface area (Å²) in [6, 6.07) is 3.97. The number of aryl methyl sites for hydroxylation is 1. The van der Waals surface area contributed by atoms with Gasteiger partial charge in [-0.3, -0.25) is 9.59 Å². The Morgan fingerprint density at radius 3 is 2.81 bits per heavy atom. The Morgan fingerprint density at radius 1 is 1.38 bits per heavy atom. The van der Waals surface area contributed by atoms with Gasteiger partial charge >= 0.3 is 6.03 Å². The van der Waals surface area contributed by atoms with Gasteiger partial charge in [-0.15, -0.1) is 0 Å². The smallest absolute Gasteiger partial charge is 0.322 e. The Kier molecular flexibility index (Phi) is 6.97. The molecule has 0 unspecified atom stereocenters. The number of carbonyl (C=O) groups excluding carboxylic acids is 3. The van der Waals surface area contributed by atoms with Crippen LogP contribution in [-0.2, 0) is 4.79 Å². The van der Waals surface area contributed by atoms with E-state index in [2.05, 4.69) is 16.0 Å². The zero-order valence-corrected chi connectivity index (χ0v) is 15.2. The monoisotopic (exact) mass is 362 g/mol. The third kappa shape index (κ3) is 4.72. The van der Waals surface area contributed by atoms with Gasteiger partial charge in [0.25, 0.3) is 5.91 Å². The molecule has 0 bridgehead atoms. The minimum Gasteiger partial charge on any atom is -0.396 e. The Morgan fingerprint density at radius 2 is 2.15 bits per heavy atom. The molecule has 4 N–H and O–H groups in total. The van der Waals surface area contributed by atoms with Gasteiger partial charge in [0, 0.05) is 37.5 Å². The minimum absolute atomic E-state index is 0.150. The summed E-state index contributed by atoms with van der Waals surface area (Å²) in [5.41, 5.74) is 1.86. The number of aliphatic hydroxyl groups is 1. The van der Waals surface area contributed by atoms with Gasteiger partial charge in [0.2, 0.25) is 5.91 Å². The zero-order chi connectivity index (χ0) is 19.1. The van der Waals surface area contributed by atoms with E-state index in [1.807, 2.05) is 6.92 Å². The SMILES string of the molecule is CCCNC(=O)c1ccc(NC(=O)N2CCNC(=O)[C@H]2CCO)c(C)c1. The minimum atomic E-state index is -0.687. The average molecular weight is 362 g/mol. The fourth-order valence-electron chi connectivity index (χ4n) is 2.84. The number of carbonyl (C=O) groups is 3. The van der Waals surface area contributed by atoms with Crippen molar-refractivity contribution in [2.24, 2.45) is 0 Å². The standard InChI is InChI=1S/C18H26N4O4/c1-3-7-19-16(24)13-4-5-14(12(2)11-13)21-18(26)22-9-8-20-17(25)15(22)6-10-23/h4-5,11,15,23H,3,6-10H2,1-2H3,(H,19,24)(H,20,25)(H,21,26)/t15-/m1/s1. The first kappa shape index (κ1) is 19.7. The number of urea groups is 1. The third-order valence-electron chi connectivity index (χ3n) is 4.26. The van der Waals surface area contributed by atoms with Crippen molar-refractivity contribution in [3.8, 4) is 0 Å². The van der Waals surface area contributed by atoms with Crippen molar-refractivity contribution >= 4 is 23.5 Å². The van der Waals surface area contributed by atoms with E-state index < -0.39 is 12.1 Å². The van der Waals surface area contributed by atoms with Crippen LogP contribution in [0.1, 0.15) is 35.7 Å². The lowest BCUT2D eigenvalue weighted by atomic mass is 10.1. The number of aliphatic hydroxyl groups excluding tert-OH is 1. The molecule has 0 saturated carbocycles. The molecule has 1 atom stereocenters. The average Bonchev–Trinajstić information content (AvgIpc) is 2.63. The largest absolute Gasteiger partial charge is 0.396 e. The van der Waals surface area contributed by atoms with Gasteiger partial charge in [0.1, 0.15) is 6.04 Å². The lowest BCUT2D eigenvalue weighted by molar-refractivity contribution is -0.128. The van der Waals surface area contributed by atoms with Crippen molar-refractivity contribution in [2.75, 3.05) is 31.6 Å². The van der Waals surface area contributed by atoms with E-state index in [1.165, 1.54) is 4.90 Å². The lowest BCUT2D eigenvalue weighted by Gasteiger charge is -2.34. The van der Waals surface area contributed by atoms with Crippen molar-refractivity contribution in [2.45, 2.75) is 32.7 Å². The van der Waals surface area contributed by atoms with E-state index >= 15 is 0 Å². The number of nitrogens with zero attached hydrogens (tertiary/aromatic N) is 1. The van der Waals surface area contributed by atoms with Crippen molar-refractivity contribution < 1.29 is 19.5 Å². The molecule has 1 aliphatic heterocycles. The molecule has 0 radical (unpaired) electrons. The lowest BCUT2D eigenvalue weighted by Crippen LogP contribution is -2.58. The van der Waals surface area contributed by atoms with Crippen LogP contribution in [0.2, 0.25) is 0 Å². The van der Waals surface area contributed by atoms with Crippen LogP contribution in [0, 0.1) is 6.92 Å². The summed E-state index contributed by atoms with van der Waals surface area (Å²) in [7, 11) is 0. The van der Waals surface area contributed by atoms with Gasteiger partial charge < -0.3 is 26.0 Å². The van der Waals surface area contributed by atoms with Gasteiger partial charge in [0.05, 0.1) is 0 Å². The van der Waals surface area contributed by atoms with Gasteiger partial charge in [-0.05, 0) is 43.5 Å². The van der Waals surface area contributed by atoms with E-state index in [0.29, 0.717) is 30.9 Å². The highest BCUT2D eigenvalue weighted by Gasteiger charge is 2.32. The molecule has 8 nitrogen and oxygen atoms in total. The van der Waals surface area contributed by atoms with E-state index in [1.54, 1.807) is 25.1 Å². The van der Waals surface area contributed by atoms with Crippen LogP contribution in [0.5, 0.6) is 0 Å². The maximum Gasteiger partial charge on any atom is 0.322 e. The number of benzene rings is 1. The number of rotatable bonds is 6. The fourth-order valence-corrected chi connectivity index (χ4v) is 2.84. The Hall–Kier alpha value is -2.61. The summed E-state index contributed by atoms with van der Waals surface area (Å²) in [5, 5.41) is 17.4. The molecular formula is C18H26N4O4. The number of nitrogens with one attached hydrogen (secondary N) is 3. The van der Waals surface area contributed by atoms with Crippen LogP contribution in [0.15, 0.2) is 18.2 Å². The van der Waals surface area contributed by atoms with Crippen molar-refractivity contribution in [1.82, 2.24) is 15.5 Å². The highest BCUT2D eigenvalue weighted by Crippen LogP contribution is 2.19. The van der Waals surface area contributed by atoms with Gasteiger partial charge in [-0.2, -0.15) is 0 Å². The molecule has 1 saturated heterocycles. The Balaban J connectivity index is 2.08. The summed E-state index contributed by atoms with van der Waals surface area (Å²) in [6.07, 6.45) is 1.05. The summed E-state index contributed by atoms with van der Waals surface area (Å²) in [5.74, 6) is -0.413. The van der Waals surface area contributed by atoms with Crippen LogP contribution in [0.25, 0.3) is 0 Å². The molecule has 0 spiro atoms. The van der Waals surface area contributed by atoms with Crippen molar-refractivity contribution in [3.05, 3.63) is 29.3 Å². The fraction of sp³-hybridized carbons (Fsp3) is 0.500. The van der Waals surface area contributed by atoms with Crippen LogP contribution in [0.4, 0.5) is 10.5 Å². The van der Waals surface area contributed by atoms with Crippen molar-refractivity contribution in [3.63, 3.8) is 0 Å². The predicted octanol–water partition coefficient (Wildman–Crippen LogP) is 0.850. The molecule has 0 aromatic heterocycles. The molecule has 1 fully saturated rings. The number of amides is 4. The maximum absolute atomic E-state index is 12.6. The molecule has 1 heterocycles. The van der Waals surface area contributed by atoms with Crippen LogP contribution in [-0.4, -0.2) is 60.1 Å². The second kappa shape index (κ2) is 9.19. The number of hydrogen-bond acceptors (Lipinski definition) is 4. The number of piperazine rings is 1. The van der Waals surface area contributed by atoms with Crippen LogP contribution < -0.4 is 16.0 Å². The Labute approximate surface area is 152 Å². The van der Waals surface area contributed by atoms with Gasteiger partial charge in [-0.1, -0.05) is 6.92 Å². The summed E-state index contributed by atoms with van der Waals surface area (Å²) < 4.78 is 0. The topological polar surface area (TPSA) is 111 Å². The highest BCUT2D eigenvalue weighted by atomic mass is 16.3. The Bertz CT molecular complexity index is 677. The first-order valence-electron chi connectivity index (χ1n) is 8.83. The van der Waals surface area contributed by atoms with E-state index in [4.69, 9.17) is 5.11 Å². The highest BCUT2D eigenvalue weighted by molar-refractivity contribution is 5.97. The molecule has 0 aliphatic carbocycles. The molecule has 2 rings (SSSR count). The quantitative estimate of drug-likeness (QED) is 0.601. The number of hydrogen-bond donors (Lipinski definition) is 4.